The molecule has 0 unspecified atom stereocenters. The smallest absolute Gasteiger partial charge is 0.349 e. The van der Waals surface area contributed by atoms with Crippen molar-refractivity contribution >= 4 is 32.7 Å². The molecule has 0 radical (unpaired) electrons. The Morgan fingerprint density at radius 3 is 2.32 bits per heavy atom. The van der Waals surface area contributed by atoms with Gasteiger partial charge in [-0.05, 0) is 44.4 Å². The Bertz CT molecular complexity index is 1120. The highest BCUT2D eigenvalue weighted by Gasteiger charge is 2.13. The molecule has 0 fully saturated rings. The predicted octanol–water partition coefficient (Wildman–Crippen LogP) is 6.25. The van der Waals surface area contributed by atoms with Crippen molar-refractivity contribution in [2.75, 3.05) is 6.61 Å². The van der Waals surface area contributed by atoms with Crippen LogP contribution in [0.4, 0.5) is 0 Å². The molecule has 3 nitrogen and oxygen atoms in total. The van der Waals surface area contributed by atoms with E-state index in [1.807, 2.05) is 84.9 Å². The van der Waals surface area contributed by atoms with Gasteiger partial charge in [0.05, 0.1) is 4.47 Å². The average molecular weight is 433 g/mol. The van der Waals surface area contributed by atoms with E-state index in [2.05, 4.69) is 15.9 Å². The summed E-state index contributed by atoms with van der Waals surface area (Å²) in [5, 5.41) is 2.13. The lowest BCUT2D eigenvalue weighted by Gasteiger charge is -2.12. The van der Waals surface area contributed by atoms with Crippen LogP contribution in [0, 0.1) is 0 Å². The fraction of sp³-hybridized carbons (Fsp3) is 0.0417. The molecule has 0 saturated carbocycles. The van der Waals surface area contributed by atoms with Crippen molar-refractivity contribution < 1.29 is 14.3 Å². The minimum atomic E-state index is -0.455. The van der Waals surface area contributed by atoms with Gasteiger partial charge in [0.25, 0.3) is 0 Å². The highest BCUT2D eigenvalue weighted by Crippen LogP contribution is 2.33. The van der Waals surface area contributed by atoms with Crippen LogP contribution in [0.15, 0.2) is 95.5 Å². The van der Waals surface area contributed by atoms with Crippen LogP contribution < -0.4 is 9.47 Å². The van der Waals surface area contributed by atoms with Gasteiger partial charge in [-0.1, -0.05) is 78.9 Å². The van der Waals surface area contributed by atoms with Crippen LogP contribution in [0.25, 0.3) is 21.9 Å². The highest BCUT2D eigenvalue weighted by atomic mass is 79.9. The zero-order valence-electron chi connectivity index (χ0n) is 15.0. The molecule has 0 atom stereocenters. The van der Waals surface area contributed by atoms with Gasteiger partial charge in [0.1, 0.15) is 11.5 Å². The quantitative estimate of drug-likeness (QED) is 0.276. The first-order valence-electron chi connectivity index (χ1n) is 8.87. The molecular formula is C24H17BrO3. The average Bonchev–Trinajstić information content (AvgIpc) is 2.74. The second kappa shape index (κ2) is 8.28. The van der Waals surface area contributed by atoms with E-state index in [1.54, 1.807) is 6.07 Å². The van der Waals surface area contributed by atoms with Crippen molar-refractivity contribution in [1.29, 1.82) is 0 Å². The number of carbonyl (C=O) groups is 1. The zero-order chi connectivity index (χ0) is 19.3. The van der Waals surface area contributed by atoms with Crippen LogP contribution in [0.2, 0.25) is 0 Å². The maximum Gasteiger partial charge on any atom is 0.349 e. The second-order valence-corrected chi connectivity index (χ2v) is 7.02. The van der Waals surface area contributed by atoms with Crippen LogP contribution in [-0.4, -0.2) is 12.6 Å². The lowest BCUT2D eigenvalue weighted by atomic mass is 10.1. The highest BCUT2D eigenvalue weighted by molar-refractivity contribution is 9.10. The summed E-state index contributed by atoms with van der Waals surface area (Å²) >= 11 is 3.56. The molecular weight excluding hydrogens is 416 g/mol. The fourth-order valence-corrected chi connectivity index (χ4v) is 3.63. The minimum Gasteiger partial charge on any atom is -0.481 e. The second-order valence-electron chi connectivity index (χ2n) is 6.22. The summed E-state index contributed by atoms with van der Waals surface area (Å²) in [6, 6.07) is 29.1. The third-order valence-corrected chi connectivity index (χ3v) is 5.19. The van der Waals surface area contributed by atoms with E-state index in [1.165, 1.54) is 0 Å². The lowest BCUT2D eigenvalue weighted by molar-refractivity contribution is -0.136. The number of carbonyl (C=O) groups excluding carboxylic acids is 1. The Morgan fingerprint density at radius 2 is 1.46 bits per heavy atom. The van der Waals surface area contributed by atoms with E-state index in [4.69, 9.17) is 9.47 Å². The summed E-state index contributed by atoms with van der Waals surface area (Å²) < 4.78 is 12.1. The van der Waals surface area contributed by atoms with Gasteiger partial charge in [0.15, 0.2) is 6.61 Å². The number of halogens is 1. The molecule has 4 heteroatoms. The van der Waals surface area contributed by atoms with Gasteiger partial charge in [-0.15, -0.1) is 0 Å². The Hall–Kier alpha value is -3.11. The normalized spacial score (nSPS) is 10.6. The van der Waals surface area contributed by atoms with Crippen molar-refractivity contribution in [2.45, 2.75) is 0 Å². The number of fused-ring (bicyclic) bond motifs is 1. The van der Waals surface area contributed by atoms with Crippen molar-refractivity contribution in [3.63, 3.8) is 0 Å². The molecule has 4 aromatic rings. The van der Waals surface area contributed by atoms with Crippen LogP contribution >= 0.6 is 15.9 Å². The molecule has 0 aliphatic heterocycles. The monoisotopic (exact) mass is 432 g/mol. The molecule has 0 N–H and O–H groups in total. The van der Waals surface area contributed by atoms with Crippen molar-refractivity contribution in [1.82, 2.24) is 0 Å². The Labute approximate surface area is 171 Å². The maximum absolute atomic E-state index is 12.4. The molecule has 28 heavy (non-hydrogen) atoms. The van der Waals surface area contributed by atoms with Crippen LogP contribution in [0.3, 0.4) is 0 Å². The summed E-state index contributed by atoms with van der Waals surface area (Å²) in [7, 11) is 0. The fourth-order valence-electron chi connectivity index (χ4n) is 3.03. The summed E-state index contributed by atoms with van der Waals surface area (Å²) in [6.45, 7) is -0.180. The maximum atomic E-state index is 12.4. The van der Waals surface area contributed by atoms with Gasteiger partial charge >= 0.3 is 5.97 Å². The van der Waals surface area contributed by atoms with Gasteiger partial charge in [-0.3, -0.25) is 0 Å². The Morgan fingerprint density at radius 1 is 0.750 bits per heavy atom. The number of ether oxygens (including phenoxy) is 2. The van der Waals surface area contributed by atoms with E-state index < -0.39 is 5.97 Å². The first-order valence-corrected chi connectivity index (χ1v) is 9.67. The van der Waals surface area contributed by atoms with Crippen LogP contribution in [-0.2, 0) is 4.79 Å². The molecule has 0 saturated heterocycles. The molecule has 0 amide bonds. The molecule has 4 aromatic carbocycles. The molecule has 0 spiro atoms. The first-order chi connectivity index (χ1) is 13.7. The number of hydrogen-bond acceptors (Lipinski definition) is 3. The topological polar surface area (TPSA) is 35.5 Å². The molecule has 138 valence electrons. The van der Waals surface area contributed by atoms with E-state index >= 15 is 0 Å². The minimum absolute atomic E-state index is 0.180. The summed E-state index contributed by atoms with van der Waals surface area (Å²) in [4.78, 5) is 12.4. The van der Waals surface area contributed by atoms with Gasteiger partial charge in [0, 0.05) is 5.56 Å². The molecule has 0 aliphatic carbocycles. The molecule has 0 heterocycles. The first kappa shape index (κ1) is 18.3. The van der Waals surface area contributed by atoms with Crippen molar-refractivity contribution in [3.05, 3.63) is 95.5 Å². The number of hydrogen-bond donors (Lipinski definition) is 0. The van der Waals surface area contributed by atoms with Crippen molar-refractivity contribution in [2.24, 2.45) is 0 Å². The number of esters is 1. The van der Waals surface area contributed by atoms with Gasteiger partial charge < -0.3 is 9.47 Å². The van der Waals surface area contributed by atoms with E-state index in [0.29, 0.717) is 11.5 Å². The summed E-state index contributed by atoms with van der Waals surface area (Å²) in [6.07, 6.45) is 0. The van der Waals surface area contributed by atoms with Gasteiger partial charge in [-0.25, -0.2) is 4.79 Å². The van der Waals surface area contributed by atoms with Crippen molar-refractivity contribution in [3.8, 4) is 22.6 Å². The third-order valence-electron chi connectivity index (χ3n) is 4.37. The molecule has 0 bridgehead atoms. The lowest BCUT2D eigenvalue weighted by Crippen LogP contribution is -2.18. The zero-order valence-corrected chi connectivity index (χ0v) is 16.6. The van der Waals surface area contributed by atoms with Gasteiger partial charge in [-0.2, -0.15) is 0 Å². The predicted molar refractivity (Wildman–Crippen MR) is 115 cm³/mol. The molecule has 0 aliphatic rings. The van der Waals surface area contributed by atoms with E-state index in [0.717, 1.165) is 26.4 Å². The largest absolute Gasteiger partial charge is 0.481 e. The summed E-state index contributed by atoms with van der Waals surface area (Å²) in [5.74, 6) is 0.662. The summed E-state index contributed by atoms with van der Waals surface area (Å²) in [5.41, 5.74) is 1.85. The number of rotatable bonds is 5. The number of para-hydroxylation sites is 1. The van der Waals surface area contributed by atoms with Gasteiger partial charge in [0.2, 0.25) is 0 Å². The molecule has 0 aromatic heterocycles. The SMILES string of the molecule is O=C(COc1ccc2ccccc2c1Br)Oc1ccccc1-c1ccccc1. The van der Waals surface area contributed by atoms with Crippen LogP contribution in [0.1, 0.15) is 0 Å². The standard InChI is InChI=1S/C24H17BrO3/c25-24-20-12-5-4-10-18(20)14-15-22(24)27-16-23(26)28-21-13-7-6-11-19(21)17-8-2-1-3-9-17/h1-15H,16H2. The van der Waals surface area contributed by atoms with E-state index in [9.17, 15) is 4.79 Å². The Balaban J connectivity index is 1.48. The number of benzene rings is 4. The van der Waals surface area contributed by atoms with E-state index in [-0.39, 0.29) is 6.61 Å². The Kier molecular flexibility index (Phi) is 5.40. The molecule has 4 rings (SSSR count). The third kappa shape index (κ3) is 3.92. The van der Waals surface area contributed by atoms with Crippen LogP contribution in [0.5, 0.6) is 11.5 Å².